The molecule has 2 aromatic rings. The quantitative estimate of drug-likeness (QED) is 0.802. The molecule has 6 nitrogen and oxygen atoms in total. The molecule has 3 saturated heterocycles. The summed E-state index contributed by atoms with van der Waals surface area (Å²) >= 11 is 0. The summed E-state index contributed by atoms with van der Waals surface area (Å²) in [7, 11) is 0. The Labute approximate surface area is 168 Å². The Morgan fingerprint density at radius 1 is 0.966 bits per heavy atom. The number of anilines is 1. The molecule has 0 unspecified atom stereocenters. The van der Waals surface area contributed by atoms with Crippen LogP contribution in [0.25, 0.3) is 0 Å². The van der Waals surface area contributed by atoms with Gasteiger partial charge in [-0.2, -0.15) is 0 Å². The van der Waals surface area contributed by atoms with Gasteiger partial charge < -0.3 is 5.32 Å². The topological polar surface area (TPSA) is 69.7 Å². The molecule has 4 aliphatic heterocycles. The highest BCUT2D eigenvalue weighted by Crippen LogP contribution is 2.60. The van der Waals surface area contributed by atoms with Crippen LogP contribution in [0.3, 0.4) is 0 Å². The highest BCUT2D eigenvalue weighted by atomic mass is 16.2. The van der Waals surface area contributed by atoms with Crippen LogP contribution in [0.15, 0.2) is 54.6 Å². The number of nitrogens with one attached hydrogen (secondary N) is 1. The summed E-state index contributed by atoms with van der Waals surface area (Å²) < 4.78 is 0. The fourth-order valence-electron chi connectivity index (χ4n) is 6.14. The molecule has 1 N–H and O–H groups in total. The standard InChI is InChI=1S/C23H21N3O3/c27-20-18-17-11-6-12-26(17)23(15-9-4-5-10-16(15)24-22(23)29)19(18)21(28)25(20)13-14-7-2-1-3-8-14/h1-5,7-10,17-19H,6,11-13H2,(H,24,29)/t17-,18-,19-,23+/m0/s1. The number of carbonyl (C=O) groups excluding carboxylic acids is 3. The van der Waals surface area contributed by atoms with E-state index in [9.17, 15) is 14.4 Å². The van der Waals surface area contributed by atoms with Crippen molar-refractivity contribution in [1.29, 1.82) is 0 Å². The lowest BCUT2D eigenvalue weighted by Gasteiger charge is -2.36. The van der Waals surface area contributed by atoms with Crippen molar-refractivity contribution in [2.75, 3.05) is 11.9 Å². The summed E-state index contributed by atoms with van der Waals surface area (Å²) in [6.07, 6.45) is 1.78. The number of benzene rings is 2. The molecule has 0 aromatic heterocycles. The van der Waals surface area contributed by atoms with Crippen LogP contribution in [-0.2, 0) is 26.5 Å². The highest BCUT2D eigenvalue weighted by Gasteiger charge is 2.74. The maximum absolute atomic E-state index is 13.6. The van der Waals surface area contributed by atoms with Crippen LogP contribution in [0, 0.1) is 11.8 Å². The molecule has 146 valence electrons. The molecule has 0 aliphatic carbocycles. The lowest BCUT2D eigenvalue weighted by atomic mass is 9.75. The number of amides is 3. The largest absolute Gasteiger partial charge is 0.324 e. The first-order valence-electron chi connectivity index (χ1n) is 10.2. The van der Waals surface area contributed by atoms with Gasteiger partial charge in [-0.25, -0.2) is 0 Å². The predicted molar refractivity (Wildman–Crippen MR) is 105 cm³/mol. The van der Waals surface area contributed by atoms with Gasteiger partial charge >= 0.3 is 0 Å². The van der Waals surface area contributed by atoms with Gasteiger partial charge in [-0.1, -0.05) is 48.5 Å². The molecule has 6 rings (SSSR count). The van der Waals surface area contributed by atoms with Crippen LogP contribution in [0.4, 0.5) is 5.69 Å². The number of fused-ring (bicyclic) bond motifs is 7. The van der Waals surface area contributed by atoms with E-state index in [0.29, 0.717) is 0 Å². The summed E-state index contributed by atoms with van der Waals surface area (Å²) in [5.41, 5.74) is 1.45. The van der Waals surface area contributed by atoms with Gasteiger partial charge in [-0.15, -0.1) is 0 Å². The second-order valence-electron chi connectivity index (χ2n) is 8.42. The summed E-state index contributed by atoms with van der Waals surface area (Å²) in [6.45, 7) is 0.996. The fourth-order valence-corrected chi connectivity index (χ4v) is 6.14. The molecule has 3 fully saturated rings. The molecule has 1 spiro atoms. The van der Waals surface area contributed by atoms with Gasteiger partial charge in [0.15, 0.2) is 0 Å². The molecule has 6 heteroatoms. The molecular weight excluding hydrogens is 366 g/mol. The number of nitrogens with zero attached hydrogens (tertiary/aromatic N) is 2. The zero-order chi connectivity index (χ0) is 19.8. The van der Waals surface area contributed by atoms with Crippen molar-refractivity contribution in [3.63, 3.8) is 0 Å². The summed E-state index contributed by atoms with van der Waals surface area (Å²) in [5, 5.41) is 2.99. The average Bonchev–Trinajstić information content (AvgIpc) is 3.44. The summed E-state index contributed by atoms with van der Waals surface area (Å²) in [5.74, 6) is -1.63. The third kappa shape index (κ3) is 1.97. The Hall–Kier alpha value is -2.99. The van der Waals surface area contributed by atoms with Crippen molar-refractivity contribution < 1.29 is 14.4 Å². The average molecular weight is 387 g/mol. The van der Waals surface area contributed by atoms with Crippen LogP contribution < -0.4 is 5.32 Å². The van der Waals surface area contributed by atoms with E-state index >= 15 is 0 Å². The minimum Gasteiger partial charge on any atom is -0.324 e. The van der Waals surface area contributed by atoms with E-state index in [1.807, 2.05) is 54.6 Å². The molecule has 4 aliphatic rings. The minimum atomic E-state index is -1.07. The lowest BCUT2D eigenvalue weighted by Crippen LogP contribution is -2.54. The minimum absolute atomic E-state index is 0.0610. The number of imide groups is 1. The Morgan fingerprint density at radius 2 is 1.72 bits per heavy atom. The molecule has 29 heavy (non-hydrogen) atoms. The summed E-state index contributed by atoms with van der Waals surface area (Å²) in [6, 6.07) is 17.1. The Balaban J connectivity index is 1.49. The molecule has 3 amide bonds. The van der Waals surface area contributed by atoms with Gasteiger partial charge in [0.25, 0.3) is 0 Å². The van der Waals surface area contributed by atoms with Crippen molar-refractivity contribution in [2.45, 2.75) is 31.0 Å². The van der Waals surface area contributed by atoms with Crippen molar-refractivity contribution >= 4 is 23.4 Å². The predicted octanol–water partition coefficient (Wildman–Crippen LogP) is 2.11. The molecule has 0 radical (unpaired) electrons. The van der Waals surface area contributed by atoms with E-state index in [1.165, 1.54) is 4.90 Å². The van der Waals surface area contributed by atoms with E-state index in [4.69, 9.17) is 0 Å². The van der Waals surface area contributed by atoms with Gasteiger partial charge in [0.2, 0.25) is 17.7 Å². The summed E-state index contributed by atoms with van der Waals surface area (Å²) in [4.78, 5) is 44.1. The Kier molecular flexibility index (Phi) is 3.36. The zero-order valence-corrected chi connectivity index (χ0v) is 15.9. The van der Waals surface area contributed by atoms with Crippen LogP contribution in [0.2, 0.25) is 0 Å². The second kappa shape index (κ2) is 5.76. The number of likely N-dealkylation sites (tertiary alicyclic amines) is 1. The lowest BCUT2D eigenvalue weighted by molar-refractivity contribution is -0.146. The number of hydrogen-bond acceptors (Lipinski definition) is 4. The molecule has 0 saturated carbocycles. The molecule has 0 bridgehead atoms. The van der Waals surface area contributed by atoms with Gasteiger partial charge in [-0.3, -0.25) is 24.2 Å². The first-order valence-corrected chi connectivity index (χ1v) is 10.2. The van der Waals surface area contributed by atoms with Crippen molar-refractivity contribution in [3.8, 4) is 0 Å². The normalized spacial score (nSPS) is 32.6. The van der Waals surface area contributed by atoms with Crippen LogP contribution in [0.1, 0.15) is 24.0 Å². The molecular formula is C23H21N3O3. The van der Waals surface area contributed by atoms with E-state index in [1.54, 1.807) is 0 Å². The Bertz CT molecular complexity index is 1050. The van der Waals surface area contributed by atoms with E-state index < -0.39 is 17.4 Å². The first kappa shape index (κ1) is 16.9. The smallest absolute Gasteiger partial charge is 0.250 e. The van der Waals surface area contributed by atoms with E-state index in [2.05, 4.69) is 10.2 Å². The van der Waals surface area contributed by atoms with Gasteiger partial charge in [0.05, 0.1) is 18.4 Å². The van der Waals surface area contributed by atoms with Crippen molar-refractivity contribution in [1.82, 2.24) is 9.80 Å². The molecule has 2 aromatic carbocycles. The fraction of sp³-hybridized carbons (Fsp3) is 0.348. The van der Waals surface area contributed by atoms with E-state index in [0.717, 1.165) is 36.2 Å². The first-order chi connectivity index (χ1) is 14.1. The third-order valence-corrected chi connectivity index (χ3v) is 7.17. The number of hydrogen-bond donors (Lipinski definition) is 1. The highest BCUT2D eigenvalue weighted by molar-refractivity contribution is 6.15. The number of para-hydroxylation sites is 1. The molecule has 4 heterocycles. The van der Waals surface area contributed by atoms with Crippen LogP contribution >= 0.6 is 0 Å². The third-order valence-electron chi connectivity index (χ3n) is 7.17. The van der Waals surface area contributed by atoms with Crippen molar-refractivity contribution in [3.05, 3.63) is 65.7 Å². The van der Waals surface area contributed by atoms with E-state index in [-0.39, 0.29) is 30.3 Å². The zero-order valence-electron chi connectivity index (χ0n) is 15.9. The van der Waals surface area contributed by atoms with Crippen molar-refractivity contribution in [2.24, 2.45) is 11.8 Å². The monoisotopic (exact) mass is 387 g/mol. The van der Waals surface area contributed by atoms with Crippen LogP contribution in [-0.4, -0.2) is 40.1 Å². The van der Waals surface area contributed by atoms with Gasteiger partial charge in [0, 0.05) is 17.3 Å². The maximum Gasteiger partial charge on any atom is 0.250 e. The second-order valence-corrected chi connectivity index (χ2v) is 8.42. The Morgan fingerprint density at radius 3 is 2.55 bits per heavy atom. The maximum atomic E-state index is 13.6. The number of rotatable bonds is 2. The number of carbonyl (C=O) groups is 3. The van der Waals surface area contributed by atoms with Gasteiger partial charge in [-0.05, 0) is 31.0 Å². The van der Waals surface area contributed by atoms with Crippen LogP contribution in [0.5, 0.6) is 0 Å². The molecule has 4 atom stereocenters. The SMILES string of the molecule is O=C1[C@@H]2[C@@H](C(=O)N1Cc1ccccc1)[C@]1(C(=O)Nc3ccccc31)N1CCC[C@@H]21. The van der Waals surface area contributed by atoms with Gasteiger partial charge in [0.1, 0.15) is 5.54 Å².